The summed E-state index contributed by atoms with van der Waals surface area (Å²) in [4.78, 5) is 25.1. The molecule has 0 amide bonds. The van der Waals surface area contributed by atoms with Gasteiger partial charge in [0.1, 0.15) is 5.57 Å². The number of rotatable bonds is 5. The number of hydrogen-bond acceptors (Lipinski definition) is 5. The van der Waals surface area contributed by atoms with Crippen LogP contribution in [-0.4, -0.2) is 25.2 Å². The number of carbonyl (C=O) groups excluding carboxylic acids is 2. The van der Waals surface area contributed by atoms with E-state index in [2.05, 4.69) is 0 Å². The lowest BCUT2D eigenvalue weighted by atomic mass is 10.1. The smallest absolute Gasteiger partial charge is 0.345 e. The number of fused-ring (bicyclic) bond motifs is 1. The monoisotopic (exact) mass is 318 g/mol. The van der Waals surface area contributed by atoms with Crippen LogP contribution in [0.1, 0.15) is 24.3 Å². The van der Waals surface area contributed by atoms with Crippen LogP contribution in [0.4, 0.5) is 0 Å². The topological polar surface area (TPSA) is 52.6 Å². The first kappa shape index (κ1) is 16.2. The van der Waals surface area contributed by atoms with E-state index in [4.69, 9.17) is 9.47 Å². The lowest BCUT2D eigenvalue weighted by Crippen LogP contribution is -2.18. The van der Waals surface area contributed by atoms with Gasteiger partial charge in [-0.05, 0) is 43.9 Å². The summed E-state index contributed by atoms with van der Waals surface area (Å²) in [5.41, 5.74) is 0.784. The Labute approximate surface area is 133 Å². The highest BCUT2D eigenvalue weighted by Gasteiger charge is 2.22. The van der Waals surface area contributed by atoms with Crippen molar-refractivity contribution < 1.29 is 19.1 Å². The van der Waals surface area contributed by atoms with E-state index in [1.165, 1.54) is 0 Å². The van der Waals surface area contributed by atoms with Gasteiger partial charge in [0, 0.05) is 9.58 Å². The molecule has 0 fully saturated rings. The molecule has 22 heavy (non-hydrogen) atoms. The first-order chi connectivity index (χ1) is 10.6. The fourth-order valence-corrected chi connectivity index (χ4v) is 3.17. The van der Waals surface area contributed by atoms with Gasteiger partial charge in [0.05, 0.1) is 13.2 Å². The van der Waals surface area contributed by atoms with Gasteiger partial charge < -0.3 is 9.47 Å². The van der Waals surface area contributed by atoms with Gasteiger partial charge in [-0.25, -0.2) is 9.59 Å². The molecule has 0 atom stereocenters. The average molecular weight is 318 g/mol. The lowest BCUT2D eigenvalue weighted by molar-refractivity contribution is -0.146. The van der Waals surface area contributed by atoms with Gasteiger partial charge in [0.2, 0.25) is 0 Å². The zero-order chi connectivity index (χ0) is 16.1. The zero-order valence-electron chi connectivity index (χ0n) is 12.8. The molecular formula is C17H18O4S. The summed E-state index contributed by atoms with van der Waals surface area (Å²) in [5, 5.41) is 1.01. The van der Waals surface area contributed by atoms with Crippen molar-refractivity contribution in [1.82, 2.24) is 0 Å². The summed E-state index contributed by atoms with van der Waals surface area (Å²) in [5.74, 6) is -1.31. The SMILES string of the molecule is CCOC(=O)C(=Cc1c(C)sc2ccccc12)C(=O)OCC. The predicted octanol–water partition coefficient (Wildman–Crippen LogP) is 3.72. The number of benzene rings is 1. The fraction of sp³-hybridized carbons (Fsp3) is 0.294. The Kier molecular flexibility index (Phi) is 5.33. The van der Waals surface area contributed by atoms with Crippen molar-refractivity contribution in [2.45, 2.75) is 20.8 Å². The van der Waals surface area contributed by atoms with Gasteiger partial charge in [-0.15, -0.1) is 11.3 Å². The molecule has 0 bridgehead atoms. The first-order valence-electron chi connectivity index (χ1n) is 7.12. The number of thiophene rings is 1. The maximum absolute atomic E-state index is 12.0. The second kappa shape index (κ2) is 7.22. The molecule has 1 aromatic heterocycles. The molecule has 0 aliphatic heterocycles. The van der Waals surface area contributed by atoms with Gasteiger partial charge in [0.15, 0.2) is 0 Å². The summed E-state index contributed by atoms with van der Waals surface area (Å²) in [6.07, 6.45) is 1.57. The zero-order valence-corrected chi connectivity index (χ0v) is 13.7. The molecule has 0 saturated heterocycles. The van der Waals surface area contributed by atoms with Crippen LogP contribution >= 0.6 is 11.3 Å². The van der Waals surface area contributed by atoms with E-state index in [-0.39, 0.29) is 18.8 Å². The molecule has 0 spiro atoms. The van der Waals surface area contributed by atoms with Crippen LogP contribution in [0.3, 0.4) is 0 Å². The Balaban J connectivity index is 2.53. The van der Waals surface area contributed by atoms with Crippen molar-refractivity contribution in [3.63, 3.8) is 0 Å². The van der Waals surface area contributed by atoms with Crippen molar-refractivity contribution in [3.05, 3.63) is 40.3 Å². The van der Waals surface area contributed by atoms with Crippen LogP contribution in [-0.2, 0) is 19.1 Å². The molecule has 4 nitrogen and oxygen atoms in total. The fourth-order valence-electron chi connectivity index (χ4n) is 2.13. The highest BCUT2D eigenvalue weighted by Crippen LogP contribution is 2.32. The van der Waals surface area contributed by atoms with Crippen LogP contribution in [0.5, 0.6) is 0 Å². The second-order valence-corrected chi connectivity index (χ2v) is 5.82. The van der Waals surface area contributed by atoms with E-state index in [1.54, 1.807) is 31.3 Å². The maximum Gasteiger partial charge on any atom is 0.345 e. The molecule has 1 heterocycles. The van der Waals surface area contributed by atoms with Crippen molar-refractivity contribution in [1.29, 1.82) is 0 Å². The summed E-state index contributed by atoms with van der Waals surface area (Å²) in [6.45, 7) is 5.78. The van der Waals surface area contributed by atoms with E-state index in [0.717, 1.165) is 20.5 Å². The van der Waals surface area contributed by atoms with Crippen LogP contribution in [0.25, 0.3) is 16.2 Å². The maximum atomic E-state index is 12.0. The summed E-state index contributed by atoms with van der Waals surface area (Å²) >= 11 is 1.62. The summed E-state index contributed by atoms with van der Waals surface area (Å²) < 4.78 is 11.0. The molecule has 0 aliphatic rings. The quantitative estimate of drug-likeness (QED) is 0.365. The molecule has 0 aliphatic carbocycles. The van der Waals surface area contributed by atoms with E-state index in [9.17, 15) is 9.59 Å². The van der Waals surface area contributed by atoms with E-state index < -0.39 is 11.9 Å². The lowest BCUT2D eigenvalue weighted by Gasteiger charge is -2.06. The Morgan fingerprint density at radius 2 is 1.68 bits per heavy atom. The molecule has 116 valence electrons. The minimum atomic E-state index is -0.657. The third-order valence-corrected chi connectivity index (χ3v) is 4.20. The average Bonchev–Trinajstić information content (AvgIpc) is 2.80. The Bertz CT molecular complexity index is 707. The Morgan fingerprint density at radius 3 is 2.27 bits per heavy atom. The van der Waals surface area contributed by atoms with Crippen molar-refractivity contribution in [3.8, 4) is 0 Å². The number of esters is 2. The van der Waals surface area contributed by atoms with Crippen LogP contribution < -0.4 is 0 Å². The summed E-state index contributed by atoms with van der Waals surface area (Å²) in [6, 6.07) is 7.88. The van der Waals surface area contributed by atoms with Gasteiger partial charge in [-0.3, -0.25) is 0 Å². The van der Waals surface area contributed by atoms with Gasteiger partial charge >= 0.3 is 11.9 Å². The number of aryl methyl sites for hydroxylation is 1. The van der Waals surface area contributed by atoms with Crippen LogP contribution in [0.2, 0.25) is 0 Å². The number of hydrogen-bond donors (Lipinski definition) is 0. The highest BCUT2D eigenvalue weighted by molar-refractivity contribution is 7.19. The minimum absolute atomic E-state index is 0.0737. The molecule has 0 radical (unpaired) electrons. The van der Waals surface area contributed by atoms with Gasteiger partial charge in [-0.2, -0.15) is 0 Å². The normalized spacial score (nSPS) is 10.3. The van der Waals surface area contributed by atoms with E-state index in [0.29, 0.717) is 0 Å². The van der Waals surface area contributed by atoms with E-state index in [1.807, 2.05) is 31.2 Å². The molecule has 0 unspecified atom stereocenters. The summed E-state index contributed by atoms with van der Waals surface area (Å²) in [7, 11) is 0. The Hall–Kier alpha value is -2.14. The third-order valence-electron chi connectivity index (χ3n) is 3.10. The predicted molar refractivity (Wildman–Crippen MR) is 87.8 cm³/mol. The van der Waals surface area contributed by atoms with Gasteiger partial charge in [0.25, 0.3) is 0 Å². The molecule has 0 saturated carbocycles. The first-order valence-corrected chi connectivity index (χ1v) is 7.94. The Morgan fingerprint density at radius 1 is 1.09 bits per heavy atom. The van der Waals surface area contributed by atoms with Crippen LogP contribution in [0.15, 0.2) is 29.8 Å². The van der Waals surface area contributed by atoms with Crippen molar-refractivity contribution in [2.24, 2.45) is 0 Å². The molecule has 2 aromatic rings. The van der Waals surface area contributed by atoms with Crippen LogP contribution in [0, 0.1) is 6.92 Å². The standard InChI is InChI=1S/C17H18O4S/c1-4-20-16(18)14(17(19)21-5-2)10-13-11(3)22-15-9-7-6-8-12(13)15/h6-10H,4-5H2,1-3H3. The largest absolute Gasteiger partial charge is 0.462 e. The second-order valence-electron chi connectivity index (χ2n) is 4.57. The van der Waals surface area contributed by atoms with Gasteiger partial charge in [-0.1, -0.05) is 18.2 Å². The van der Waals surface area contributed by atoms with Crippen molar-refractivity contribution in [2.75, 3.05) is 13.2 Å². The molecule has 5 heteroatoms. The minimum Gasteiger partial charge on any atom is -0.462 e. The molecule has 2 rings (SSSR count). The number of carbonyl (C=O) groups is 2. The molecule has 1 aromatic carbocycles. The van der Waals surface area contributed by atoms with Crippen molar-refractivity contribution >= 4 is 39.4 Å². The highest BCUT2D eigenvalue weighted by atomic mass is 32.1. The van der Waals surface area contributed by atoms with E-state index >= 15 is 0 Å². The molecule has 0 N–H and O–H groups in total. The molecular weight excluding hydrogens is 300 g/mol. The third kappa shape index (κ3) is 3.36. The number of ether oxygens (including phenoxy) is 2.